The number of ether oxygens (including phenoxy) is 4. The summed E-state index contributed by atoms with van der Waals surface area (Å²) < 4.78 is 68.6. The molecule has 0 aromatic rings. The van der Waals surface area contributed by atoms with Gasteiger partial charge in [-0.25, -0.2) is 9.13 Å². The number of carbonyl (C=O) groups excluding carboxylic acids is 4. The average molecular weight is 1460 g/mol. The SMILES string of the molecule is CCCCCC/C=C\C=C/CCCCCCCC(=O)O[C@H](COC(=O)CCCCCCCCC(C)C)COP(=O)(O)OC[C@H](O)COP(=O)(O)OC[C@@H](COC(=O)CCCCCCCCCCCCCCCCC(C)C)OC(=O)CCCCCCCCCCCCCCCCCCC(C)C. The fourth-order valence-corrected chi connectivity index (χ4v) is 13.5. The highest BCUT2D eigenvalue weighted by molar-refractivity contribution is 7.47. The Labute approximate surface area is 612 Å². The molecule has 0 aliphatic rings. The largest absolute Gasteiger partial charge is 0.472 e. The lowest BCUT2D eigenvalue weighted by molar-refractivity contribution is -0.161. The highest BCUT2D eigenvalue weighted by Crippen LogP contribution is 2.45. The van der Waals surface area contributed by atoms with Gasteiger partial charge >= 0.3 is 39.5 Å². The van der Waals surface area contributed by atoms with E-state index in [0.717, 1.165) is 121 Å². The number of aliphatic hydroxyl groups excluding tert-OH is 1. The summed E-state index contributed by atoms with van der Waals surface area (Å²) in [6.45, 7) is 11.8. The van der Waals surface area contributed by atoms with Crippen LogP contribution in [-0.4, -0.2) is 96.7 Å². The van der Waals surface area contributed by atoms with Crippen molar-refractivity contribution in [1.82, 2.24) is 0 Å². The summed E-state index contributed by atoms with van der Waals surface area (Å²) in [5.41, 5.74) is 0. The van der Waals surface area contributed by atoms with Crippen LogP contribution in [0, 0.1) is 17.8 Å². The molecule has 0 saturated carbocycles. The summed E-state index contributed by atoms with van der Waals surface area (Å²) in [6, 6.07) is 0. The molecule has 3 N–H and O–H groups in total. The van der Waals surface area contributed by atoms with Crippen LogP contribution in [0.4, 0.5) is 0 Å². The van der Waals surface area contributed by atoms with Crippen LogP contribution in [0.2, 0.25) is 0 Å². The summed E-state index contributed by atoms with van der Waals surface area (Å²) in [4.78, 5) is 72.9. The minimum Gasteiger partial charge on any atom is -0.462 e. The Morgan fingerprint density at radius 2 is 0.540 bits per heavy atom. The maximum Gasteiger partial charge on any atom is 0.472 e. The maximum absolute atomic E-state index is 13.1. The third-order valence-electron chi connectivity index (χ3n) is 18.3. The van der Waals surface area contributed by atoms with E-state index in [4.69, 9.17) is 37.0 Å². The highest BCUT2D eigenvalue weighted by atomic mass is 31.2. The Kier molecular flexibility index (Phi) is 69.1. The molecule has 0 aliphatic carbocycles. The van der Waals surface area contributed by atoms with Crippen molar-refractivity contribution in [3.8, 4) is 0 Å². The Hall–Kier alpha value is -2.46. The van der Waals surface area contributed by atoms with Gasteiger partial charge in [-0.15, -0.1) is 0 Å². The molecule has 0 saturated heterocycles. The molecule has 0 aliphatic heterocycles. The number of hydrogen-bond acceptors (Lipinski definition) is 15. The molecule has 0 amide bonds. The molecule has 0 aromatic heterocycles. The molecule has 0 aromatic carbocycles. The van der Waals surface area contributed by atoms with Gasteiger partial charge in [-0.2, -0.15) is 0 Å². The van der Waals surface area contributed by atoms with Crippen LogP contribution in [0.15, 0.2) is 24.3 Å². The lowest BCUT2D eigenvalue weighted by Crippen LogP contribution is -2.30. The predicted octanol–water partition coefficient (Wildman–Crippen LogP) is 23.7. The van der Waals surface area contributed by atoms with Crippen molar-refractivity contribution in [2.75, 3.05) is 39.6 Å². The number of hydrogen-bond donors (Lipinski definition) is 3. The molecule has 0 fully saturated rings. The molecule has 2 unspecified atom stereocenters. The molecule has 0 radical (unpaired) electrons. The van der Waals surface area contributed by atoms with Crippen molar-refractivity contribution in [3.63, 3.8) is 0 Å². The van der Waals surface area contributed by atoms with Crippen LogP contribution >= 0.6 is 15.6 Å². The number of phosphoric acid groups is 2. The Bertz CT molecular complexity index is 2030. The Morgan fingerprint density at radius 3 is 0.810 bits per heavy atom. The van der Waals surface area contributed by atoms with Crippen LogP contribution in [0.5, 0.6) is 0 Å². The van der Waals surface area contributed by atoms with E-state index in [1.165, 1.54) is 186 Å². The van der Waals surface area contributed by atoms with Gasteiger partial charge in [0.2, 0.25) is 0 Å². The third kappa shape index (κ3) is 73.8. The molecule has 19 heteroatoms. The fourth-order valence-electron chi connectivity index (χ4n) is 11.9. The first-order valence-corrected chi connectivity index (χ1v) is 44.2. The number of unbranched alkanes of at least 4 members (excludes halogenated alkanes) is 42. The van der Waals surface area contributed by atoms with E-state index in [2.05, 4.69) is 72.8 Å². The van der Waals surface area contributed by atoms with Crippen molar-refractivity contribution >= 4 is 39.5 Å². The smallest absolute Gasteiger partial charge is 0.462 e. The topological polar surface area (TPSA) is 237 Å². The van der Waals surface area contributed by atoms with Crippen LogP contribution in [-0.2, 0) is 65.4 Å². The molecule has 0 bridgehead atoms. The number of rotatable bonds is 77. The van der Waals surface area contributed by atoms with Gasteiger partial charge in [0.1, 0.15) is 19.3 Å². The number of aliphatic hydroxyl groups is 1. The minimum absolute atomic E-state index is 0.0839. The Morgan fingerprint density at radius 1 is 0.310 bits per heavy atom. The lowest BCUT2D eigenvalue weighted by Gasteiger charge is -2.21. The van der Waals surface area contributed by atoms with Crippen LogP contribution < -0.4 is 0 Å². The molecule has 590 valence electrons. The molecular formula is C81H154O17P2. The van der Waals surface area contributed by atoms with Crippen molar-refractivity contribution in [2.24, 2.45) is 17.8 Å². The van der Waals surface area contributed by atoms with Gasteiger partial charge in [-0.05, 0) is 69.1 Å². The van der Waals surface area contributed by atoms with E-state index >= 15 is 0 Å². The molecule has 0 heterocycles. The molecule has 17 nitrogen and oxygen atoms in total. The lowest BCUT2D eigenvalue weighted by atomic mass is 10.0. The van der Waals surface area contributed by atoms with Gasteiger partial charge in [0.15, 0.2) is 12.2 Å². The van der Waals surface area contributed by atoms with Gasteiger partial charge in [0.25, 0.3) is 0 Å². The Balaban J connectivity index is 5.26. The summed E-state index contributed by atoms with van der Waals surface area (Å²) in [6.07, 6.45) is 62.0. The van der Waals surface area contributed by atoms with Crippen molar-refractivity contribution < 1.29 is 80.2 Å². The number of esters is 4. The van der Waals surface area contributed by atoms with Gasteiger partial charge in [-0.3, -0.25) is 37.3 Å². The molecular weight excluding hydrogens is 1310 g/mol. The van der Waals surface area contributed by atoms with E-state index < -0.39 is 97.5 Å². The number of phosphoric ester groups is 2. The fraction of sp³-hybridized carbons (Fsp3) is 0.901. The molecule has 0 spiro atoms. The normalized spacial score (nSPS) is 14.1. The van der Waals surface area contributed by atoms with Crippen molar-refractivity contribution in [3.05, 3.63) is 24.3 Å². The summed E-state index contributed by atoms with van der Waals surface area (Å²) in [5, 5.41) is 10.6. The van der Waals surface area contributed by atoms with E-state index in [-0.39, 0.29) is 25.7 Å². The monoisotopic (exact) mass is 1460 g/mol. The second-order valence-electron chi connectivity index (χ2n) is 29.9. The third-order valence-corrected chi connectivity index (χ3v) is 20.2. The summed E-state index contributed by atoms with van der Waals surface area (Å²) >= 11 is 0. The number of allylic oxidation sites excluding steroid dienone is 4. The summed E-state index contributed by atoms with van der Waals surface area (Å²) in [7, 11) is -9.93. The molecule has 0 rings (SSSR count). The first-order valence-electron chi connectivity index (χ1n) is 41.2. The molecule has 100 heavy (non-hydrogen) atoms. The second kappa shape index (κ2) is 70.8. The predicted molar refractivity (Wildman–Crippen MR) is 409 cm³/mol. The van der Waals surface area contributed by atoms with Crippen LogP contribution in [0.25, 0.3) is 0 Å². The van der Waals surface area contributed by atoms with Crippen LogP contribution in [0.1, 0.15) is 395 Å². The second-order valence-corrected chi connectivity index (χ2v) is 32.8. The first-order chi connectivity index (χ1) is 48.2. The number of carbonyl (C=O) groups is 4. The maximum atomic E-state index is 13.1. The van der Waals surface area contributed by atoms with Gasteiger partial charge in [0, 0.05) is 25.7 Å². The van der Waals surface area contributed by atoms with Crippen LogP contribution in [0.3, 0.4) is 0 Å². The summed E-state index contributed by atoms with van der Waals surface area (Å²) in [5.74, 6) is 0.138. The van der Waals surface area contributed by atoms with E-state index in [0.29, 0.717) is 31.6 Å². The quantitative estimate of drug-likeness (QED) is 0.0169. The highest BCUT2D eigenvalue weighted by Gasteiger charge is 2.30. The standard InChI is InChI=1S/C81H154O17P2/c1-8-9-10-11-12-13-14-15-18-26-31-36-41-50-57-65-81(86)98-77(69-92-79(84)63-56-49-44-43-47-54-61-74(6)7)71-96-100(89,90)94-67-75(82)66-93-99(87,88)95-70-76(68-91-78(83)62-55-48-40-35-30-25-22-21-24-29-34-39-46-53-60-73(4)5)97-80(85)64-58-51-42-37-32-27-20-17-16-19-23-28-33-38-45-52-59-72(2)3/h13-15,18,72-77,82H,8-12,16-17,19-71H2,1-7H3,(H,87,88)(H,89,90)/b14-13-,18-15-/t75-,76-,77-/m1/s1. The van der Waals surface area contributed by atoms with Crippen molar-refractivity contribution in [2.45, 2.75) is 414 Å². The van der Waals surface area contributed by atoms with E-state index in [9.17, 15) is 43.2 Å². The van der Waals surface area contributed by atoms with Crippen molar-refractivity contribution in [1.29, 1.82) is 0 Å². The zero-order valence-corrected chi connectivity index (χ0v) is 66.9. The minimum atomic E-state index is -4.97. The first kappa shape index (κ1) is 97.5. The van der Waals surface area contributed by atoms with E-state index in [1.807, 2.05) is 0 Å². The van der Waals surface area contributed by atoms with Gasteiger partial charge in [0.05, 0.1) is 26.4 Å². The van der Waals surface area contributed by atoms with E-state index in [1.54, 1.807) is 0 Å². The zero-order chi connectivity index (χ0) is 73.7. The zero-order valence-electron chi connectivity index (χ0n) is 65.2. The molecule has 5 atom stereocenters. The van der Waals surface area contributed by atoms with Gasteiger partial charge in [-0.1, -0.05) is 342 Å². The average Bonchev–Trinajstić information content (AvgIpc) is 0.956. The van der Waals surface area contributed by atoms with Gasteiger partial charge < -0.3 is 33.8 Å².